The van der Waals surface area contributed by atoms with Gasteiger partial charge in [0.25, 0.3) is 5.56 Å². The lowest BCUT2D eigenvalue weighted by Gasteiger charge is -2.04. The monoisotopic (exact) mass is 336 g/mol. The van der Waals surface area contributed by atoms with Crippen molar-refractivity contribution in [3.63, 3.8) is 0 Å². The first kappa shape index (κ1) is 13.5. The number of aromatic nitrogens is 3. The lowest BCUT2D eigenvalue weighted by atomic mass is 10.1. The Bertz CT molecular complexity index is 1560. The van der Waals surface area contributed by atoms with Crippen molar-refractivity contribution in [1.82, 2.24) is 14.6 Å². The van der Waals surface area contributed by atoms with Gasteiger partial charge >= 0.3 is 0 Å². The average molecular weight is 336 g/mol. The molecule has 26 heavy (non-hydrogen) atoms. The first-order valence-electron chi connectivity index (χ1n) is 8.36. The van der Waals surface area contributed by atoms with Gasteiger partial charge in [0.2, 0.25) is 0 Å². The van der Waals surface area contributed by atoms with Gasteiger partial charge in [-0.3, -0.25) is 4.79 Å². The van der Waals surface area contributed by atoms with Gasteiger partial charge in [-0.2, -0.15) is 9.61 Å². The summed E-state index contributed by atoms with van der Waals surface area (Å²) in [6.07, 6.45) is 0. The fourth-order valence-corrected chi connectivity index (χ4v) is 3.92. The SMILES string of the molecule is Nc1ccc2nc3cc4c5cccc6cccc(c4nn3c(=O)c2c1)c65. The van der Waals surface area contributed by atoms with Gasteiger partial charge in [0.15, 0.2) is 5.65 Å². The first-order chi connectivity index (χ1) is 12.7. The van der Waals surface area contributed by atoms with Crippen molar-refractivity contribution in [3.05, 3.63) is 71.0 Å². The molecule has 122 valence electrons. The largest absolute Gasteiger partial charge is 0.399 e. The van der Waals surface area contributed by atoms with Gasteiger partial charge < -0.3 is 5.73 Å². The van der Waals surface area contributed by atoms with Crippen molar-refractivity contribution >= 4 is 54.7 Å². The Labute approximate surface area is 146 Å². The van der Waals surface area contributed by atoms with E-state index in [4.69, 9.17) is 5.73 Å². The Kier molecular flexibility index (Phi) is 2.32. The Morgan fingerprint density at radius 3 is 2.50 bits per heavy atom. The van der Waals surface area contributed by atoms with E-state index in [0.717, 1.165) is 21.7 Å². The summed E-state index contributed by atoms with van der Waals surface area (Å²) in [5.74, 6) is 0. The molecule has 0 aliphatic rings. The lowest BCUT2D eigenvalue weighted by Crippen LogP contribution is -2.18. The summed E-state index contributed by atoms with van der Waals surface area (Å²) < 4.78 is 1.38. The van der Waals surface area contributed by atoms with E-state index in [1.54, 1.807) is 18.2 Å². The van der Waals surface area contributed by atoms with Gasteiger partial charge in [-0.15, -0.1) is 0 Å². The van der Waals surface area contributed by atoms with Gasteiger partial charge in [-0.05, 0) is 40.4 Å². The smallest absolute Gasteiger partial charge is 0.282 e. The normalized spacial score (nSPS) is 12.2. The minimum atomic E-state index is -0.205. The standard InChI is InChI=1S/C21H12N4O/c22-12-7-8-17-16(9-12)21(26)25-18(23-17)10-15-13-5-1-3-11-4-2-6-14(19(11)13)20(15)24-25/h1-10H,22H2. The summed E-state index contributed by atoms with van der Waals surface area (Å²) in [5, 5.41) is 10.7. The number of anilines is 1. The molecule has 2 N–H and O–H groups in total. The molecule has 0 radical (unpaired) electrons. The molecule has 6 rings (SSSR count). The molecule has 0 fully saturated rings. The molecule has 0 unspecified atom stereocenters. The molecular formula is C21H12N4O. The fourth-order valence-electron chi connectivity index (χ4n) is 3.92. The number of nitrogens with zero attached hydrogens (tertiary/aromatic N) is 3. The van der Waals surface area contributed by atoms with Crippen molar-refractivity contribution in [2.45, 2.75) is 0 Å². The van der Waals surface area contributed by atoms with Gasteiger partial charge in [0.05, 0.1) is 10.9 Å². The molecule has 6 aromatic rings. The lowest BCUT2D eigenvalue weighted by molar-refractivity contribution is 0.911. The van der Waals surface area contributed by atoms with Crippen molar-refractivity contribution in [2.75, 3.05) is 5.73 Å². The van der Waals surface area contributed by atoms with Crippen molar-refractivity contribution in [3.8, 4) is 0 Å². The van der Waals surface area contributed by atoms with E-state index in [2.05, 4.69) is 28.3 Å². The molecule has 5 nitrogen and oxygen atoms in total. The zero-order chi connectivity index (χ0) is 17.4. The summed E-state index contributed by atoms with van der Waals surface area (Å²) in [6, 6.07) is 19.5. The summed E-state index contributed by atoms with van der Waals surface area (Å²) in [7, 11) is 0. The number of hydrogen-bond donors (Lipinski definition) is 1. The van der Waals surface area contributed by atoms with Crippen LogP contribution < -0.4 is 11.3 Å². The third-order valence-electron chi connectivity index (χ3n) is 5.07. The quantitative estimate of drug-likeness (QED) is 0.339. The third kappa shape index (κ3) is 1.57. The Hall–Kier alpha value is -3.73. The maximum absolute atomic E-state index is 13.0. The average Bonchev–Trinajstić information content (AvgIpc) is 2.97. The van der Waals surface area contributed by atoms with Crippen LogP contribution in [0.15, 0.2) is 65.5 Å². The molecule has 0 saturated carbocycles. The van der Waals surface area contributed by atoms with Crippen molar-refractivity contribution in [1.29, 1.82) is 0 Å². The van der Waals surface area contributed by atoms with Crippen LogP contribution in [0.1, 0.15) is 0 Å². The van der Waals surface area contributed by atoms with E-state index >= 15 is 0 Å². The van der Waals surface area contributed by atoms with Crippen LogP contribution in [-0.4, -0.2) is 14.6 Å². The number of fused-ring (bicyclic) bond motifs is 5. The second-order valence-electron chi connectivity index (χ2n) is 6.58. The number of hydrogen-bond acceptors (Lipinski definition) is 4. The van der Waals surface area contributed by atoms with E-state index in [-0.39, 0.29) is 5.56 Å². The van der Waals surface area contributed by atoms with Crippen LogP contribution >= 0.6 is 0 Å². The molecular weight excluding hydrogens is 324 g/mol. The number of rotatable bonds is 0. The molecule has 0 atom stereocenters. The second kappa shape index (κ2) is 4.46. The molecule has 0 spiro atoms. The highest BCUT2D eigenvalue weighted by Gasteiger charge is 2.15. The van der Waals surface area contributed by atoms with E-state index in [1.807, 2.05) is 24.3 Å². The summed E-state index contributed by atoms with van der Waals surface area (Å²) in [5.41, 5.74) is 8.15. The number of nitrogen functional groups attached to an aromatic ring is 1. The van der Waals surface area contributed by atoms with Gasteiger partial charge in [0.1, 0.15) is 5.52 Å². The summed E-state index contributed by atoms with van der Waals surface area (Å²) in [4.78, 5) is 17.6. The van der Waals surface area contributed by atoms with Crippen LogP contribution in [-0.2, 0) is 0 Å². The predicted octanol–water partition coefficient (Wildman–Crippen LogP) is 3.72. The third-order valence-corrected chi connectivity index (χ3v) is 5.07. The van der Waals surface area contributed by atoms with Gasteiger partial charge in [0, 0.05) is 16.5 Å². The van der Waals surface area contributed by atoms with Crippen LogP contribution in [0.3, 0.4) is 0 Å². The molecule has 4 aromatic carbocycles. The van der Waals surface area contributed by atoms with Crippen LogP contribution in [0.4, 0.5) is 5.69 Å². The van der Waals surface area contributed by atoms with Crippen LogP contribution in [0.5, 0.6) is 0 Å². The highest BCUT2D eigenvalue weighted by Crippen LogP contribution is 2.37. The fraction of sp³-hybridized carbons (Fsp3) is 0. The molecule has 5 heteroatoms. The van der Waals surface area contributed by atoms with Gasteiger partial charge in [-0.25, -0.2) is 4.98 Å². The highest BCUT2D eigenvalue weighted by molar-refractivity contribution is 6.29. The van der Waals surface area contributed by atoms with Crippen LogP contribution in [0.2, 0.25) is 0 Å². The van der Waals surface area contributed by atoms with Crippen LogP contribution in [0.25, 0.3) is 49.0 Å². The molecule has 0 saturated heterocycles. The predicted molar refractivity (Wildman–Crippen MR) is 105 cm³/mol. The van der Waals surface area contributed by atoms with Crippen LogP contribution in [0, 0.1) is 0 Å². The zero-order valence-electron chi connectivity index (χ0n) is 13.6. The Balaban J connectivity index is 1.91. The molecule has 2 heterocycles. The molecule has 0 aliphatic carbocycles. The number of nitrogens with two attached hydrogens (primary N) is 1. The van der Waals surface area contributed by atoms with Crippen molar-refractivity contribution < 1.29 is 0 Å². The summed E-state index contributed by atoms with van der Waals surface area (Å²) >= 11 is 0. The molecule has 0 amide bonds. The molecule has 0 bridgehead atoms. The Morgan fingerprint density at radius 1 is 0.846 bits per heavy atom. The Morgan fingerprint density at radius 2 is 1.65 bits per heavy atom. The van der Waals surface area contributed by atoms with E-state index in [9.17, 15) is 4.79 Å². The number of benzene rings is 3. The molecule has 2 aromatic heterocycles. The topological polar surface area (TPSA) is 73.3 Å². The van der Waals surface area contributed by atoms with Gasteiger partial charge in [-0.1, -0.05) is 36.4 Å². The minimum absolute atomic E-state index is 0.205. The van der Waals surface area contributed by atoms with E-state index < -0.39 is 0 Å². The zero-order valence-corrected chi connectivity index (χ0v) is 13.6. The van der Waals surface area contributed by atoms with Crippen molar-refractivity contribution in [2.24, 2.45) is 0 Å². The molecule has 0 aliphatic heterocycles. The second-order valence-corrected chi connectivity index (χ2v) is 6.58. The first-order valence-corrected chi connectivity index (χ1v) is 8.36. The minimum Gasteiger partial charge on any atom is -0.399 e. The van der Waals surface area contributed by atoms with E-state index in [1.165, 1.54) is 15.3 Å². The maximum Gasteiger partial charge on any atom is 0.282 e. The summed E-state index contributed by atoms with van der Waals surface area (Å²) in [6.45, 7) is 0. The van der Waals surface area contributed by atoms with E-state index in [0.29, 0.717) is 22.2 Å². The highest BCUT2D eigenvalue weighted by atomic mass is 16.1. The maximum atomic E-state index is 13.0.